The van der Waals surface area contributed by atoms with Crippen molar-refractivity contribution < 1.29 is 5.11 Å². The van der Waals surface area contributed by atoms with Gasteiger partial charge in [-0.05, 0) is 158 Å². The average Bonchev–Trinajstić information content (AvgIpc) is 3.85. The van der Waals surface area contributed by atoms with Gasteiger partial charge >= 0.3 is 0 Å². The van der Waals surface area contributed by atoms with Crippen LogP contribution >= 0.6 is 7.92 Å². The highest BCUT2D eigenvalue weighted by Gasteiger charge is 2.47. The van der Waals surface area contributed by atoms with E-state index in [0.717, 1.165) is 24.7 Å². The smallest absolute Gasteiger partial charge is 0.0552 e. The second-order valence-electron chi connectivity index (χ2n) is 19.5. The molecule has 0 spiro atoms. The number of aliphatic hydroxyl groups excluding tert-OH is 1. The molecule has 290 valence electrons. The van der Waals surface area contributed by atoms with Crippen molar-refractivity contribution >= 4 is 13.2 Å². The molecule has 1 saturated heterocycles. The van der Waals surface area contributed by atoms with Crippen LogP contribution in [0.4, 0.5) is 0 Å². The van der Waals surface area contributed by atoms with E-state index in [2.05, 4.69) is 126 Å². The summed E-state index contributed by atoms with van der Waals surface area (Å²) in [6.07, 6.45) is 12.7. The van der Waals surface area contributed by atoms with Gasteiger partial charge in [0.05, 0.1) is 6.10 Å². The predicted molar refractivity (Wildman–Crippen MR) is 235 cm³/mol. The first-order chi connectivity index (χ1) is 25.2. The molecule has 1 N–H and O–H groups in total. The van der Waals surface area contributed by atoms with Gasteiger partial charge < -0.3 is 5.11 Å². The zero-order chi connectivity index (χ0) is 38.3. The molecule has 53 heavy (non-hydrogen) atoms. The van der Waals surface area contributed by atoms with Gasteiger partial charge in [-0.2, -0.15) is 0 Å². The van der Waals surface area contributed by atoms with Gasteiger partial charge in [0.2, 0.25) is 0 Å². The Morgan fingerprint density at radius 1 is 0.491 bits per heavy atom. The highest BCUT2D eigenvalue weighted by atomic mass is 31.1. The summed E-state index contributed by atoms with van der Waals surface area (Å²) < 4.78 is 0. The zero-order valence-corrected chi connectivity index (χ0v) is 36.8. The lowest BCUT2D eigenvalue weighted by atomic mass is 9.79. The summed E-state index contributed by atoms with van der Waals surface area (Å²) in [5.74, 6) is 4.17. The van der Waals surface area contributed by atoms with Crippen LogP contribution in [-0.2, 0) is 0 Å². The molecule has 1 aliphatic heterocycles. The third kappa shape index (κ3) is 8.29. The first kappa shape index (κ1) is 40.7. The van der Waals surface area contributed by atoms with E-state index in [-0.39, 0.29) is 6.10 Å². The topological polar surface area (TPSA) is 20.2 Å². The molecule has 0 aromatic heterocycles. The summed E-state index contributed by atoms with van der Waals surface area (Å²) >= 11 is 0. The van der Waals surface area contributed by atoms with Crippen molar-refractivity contribution in [2.75, 3.05) is 0 Å². The van der Waals surface area contributed by atoms with E-state index in [4.69, 9.17) is 0 Å². The van der Waals surface area contributed by atoms with Gasteiger partial charge in [-0.1, -0.05) is 159 Å². The molecule has 6 rings (SSSR count). The van der Waals surface area contributed by atoms with Crippen LogP contribution in [0.25, 0.3) is 22.3 Å². The lowest BCUT2D eigenvalue weighted by Crippen LogP contribution is -2.41. The predicted octanol–water partition coefficient (Wildman–Crippen LogP) is 15.1. The van der Waals surface area contributed by atoms with Crippen molar-refractivity contribution in [2.24, 2.45) is 11.8 Å². The monoisotopic (exact) mass is 735 g/mol. The van der Waals surface area contributed by atoms with Gasteiger partial charge in [0.15, 0.2) is 0 Å². The van der Waals surface area contributed by atoms with Crippen molar-refractivity contribution in [3.63, 3.8) is 0 Å². The lowest BCUT2D eigenvalue weighted by molar-refractivity contribution is 0.131. The van der Waals surface area contributed by atoms with E-state index >= 15 is 0 Å². The highest BCUT2D eigenvalue weighted by Crippen LogP contribution is 2.64. The van der Waals surface area contributed by atoms with Crippen LogP contribution in [0.3, 0.4) is 0 Å². The molecular formula is C51H75OP. The van der Waals surface area contributed by atoms with Crippen LogP contribution in [0, 0.1) is 11.8 Å². The van der Waals surface area contributed by atoms with Crippen molar-refractivity contribution in [3.8, 4) is 22.3 Å². The summed E-state index contributed by atoms with van der Waals surface area (Å²) in [4.78, 5) is 0. The molecule has 3 aliphatic rings. The molecule has 3 aromatic carbocycles. The molecule has 0 radical (unpaired) electrons. The fourth-order valence-corrected chi connectivity index (χ4v) is 15.3. The van der Waals surface area contributed by atoms with Crippen molar-refractivity contribution in [1.82, 2.24) is 0 Å². The second kappa shape index (κ2) is 17.0. The van der Waals surface area contributed by atoms with Crippen LogP contribution in [0.5, 0.6) is 0 Å². The maximum absolute atomic E-state index is 11.9. The van der Waals surface area contributed by atoms with Gasteiger partial charge in [0, 0.05) is 0 Å². The van der Waals surface area contributed by atoms with Gasteiger partial charge in [-0.3, -0.25) is 0 Å². The number of rotatable bonds is 11. The Kier molecular flexibility index (Phi) is 13.1. The van der Waals surface area contributed by atoms with E-state index in [0.29, 0.717) is 46.8 Å². The maximum atomic E-state index is 11.9. The third-order valence-electron chi connectivity index (χ3n) is 13.7. The van der Waals surface area contributed by atoms with E-state index in [9.17, 15) is 5.11 Å². The van der Waals surface area contributed by atoms with Crippen molar-refractivity contribution in [1.29, 1.82) is 0 Å². The third-order valence-corrected chi connectivity index (χ3v) is 17.4. The van der Waals surface area contributed by atoms with E-state index in [1.54, 1.807) is 5.30 Å². The molecule has 1 nitrogen and oxygen atoms in total. The minimum atomic E-state index is -0.558. The molecule has 0 amide bonds. The number of aliphatic hydroxyl groups is 1. The van der Waals surface area contributed by atoms with Crippen LogP contribution in [0.1, 0.15) is 216 Å². The summed E-state index contributed by atoms with van der Waals surface area (Å²) in [6.45, 7) is 28.9. The van der Waals surface area contributed by atoms with Gasteiger partial charge in [-0.15, -0.1) is 0 Å². The Morgan fingerprint density at radius 3 is 1.09 bits per heavy atom. The van der Waals surface area contributed by atoms with Crippen LogP contribution in [0.15, 0.2) is 42.5 Å². The van der Waals surface area contributed by atoms with Crippen molar-refractivity contribution in [2.45, 2.75) is 200 Å². The highest BCUT2D eigenvalue weighted by molar-refractivity contribution is 7.67. The van der Waals surface area contributed by atoms with Gasteiger partial charge in [0.25, 0.3) is 0 Å². The molecule has 2 unspecified atom stereocenters. The Labute approximate surface area is 327 Å². The molecule has 3 fully saturated rings. The minimum absolute atomic E-state index is 0.161. The zero-order valence-electron chi connectivity index (χ0n) is 35.9. The lowest BCUT2D eigenvalue weighted by Gasteiger charge is -2.48. The van der Waals surface area contributed by atoms with E-state index < -0.39 is 7.92 Å². The maximum Gasteiger partial charge on any atom is 0.0552 e. The molecule has 3 aromatic rings. The normalized spacial score (nSPS) is 23.3. The van der Waals surface area contributed by atoms with Crippen LogP contribution in [-0.4, -0.2) is 22.5 Å². The molecule has 0 bridgehead atoms. The Hall–Kier alpha value is -1.95. The molecule has 2 heteroatoms. The van der Waals surface area contributed by atoms with Crippen LogP contribution in [0.2, 0.25) is 0 Å². The van der Waals surface area contributed by atoms with Gasteiger partial charge in [0.1, 0.15) is 0 Å². The SMILES string of the molecule is CC(C)c1cc(C(C)C)c(-c2cccc(-c3c(C(C)C)cc(C(C)C)cc3C(C)C)c2P2C(C3CCCC3)CC(O)CC2C2CCCC2)c(C(C)C)c1. The second-order valence-corrected chi connectivity index (χ2v) is 22.1. The Morgan fingerprint density at radius 2 is 0.811 bits per heavy atom. The standard InChI is InChI=1S/C51H75OP/c1-30(2)38-24-43(32(5)6)49(44(25-38)33(7)8)41-22-17-23-42(50-45(34(9)10)26-39(31(3)4)27-46(50)35(11)12)51(41)53-47(36-18-13-14-19-36)28-40(52)29-48(53)37-20-15-16-21-37/h17,22-27,30-37,40,47-48,52H,13-16,18-21,28-29H2,1-12H3. The summed E-state index contributed by atoms with van der Waals surface area (Å²) in [7, 11) is -0.558. The Balaban J connectivity index is 1.79. The average molecular weight is 735 g/mol. The van der Waals surface area contributed by atoms with Crippen LogP contribution < -0.4 is 5.30 Å². The Bertz CT molecular complexity index is 1520. The number of hydrogen-bond donors (Lipinski definition) is 1. The summed E-state index contributed by atoms with van der Waals surface area (Å²) in [6, 6.07) is 17.9. The summed E-state index contributed by atoms with van der Waals surface area (Å²) in [5, 5.41) is 13.6. The molecule has 2 aliphatic carbocycles. The quantitative estimate of drug-likeness (QED) is 0.195. The van der Waals surface area contributed by atoms with E-state index in [1.807, 2.05) is 0 Å². The molecular weight excluding hydrogens is 660 g/mol. The summed E-state index contributed by atoms with van der Waals surface area (Å²) in [5.41, 5.74) is 16.4. The first-order valence-corrected chi connectivity index (χ1v) is 23.6. The molecule has 1 heterocycles. The fraction of sp³-hybridized carbons (Fsp3) is 0.647. The first-order valence-electron chi connectivity index (χ1n) is 22.1. The van der Waals surface area contributed by atoms with Crippen molar-refractivity contribution in [3.05, 3.63) is 75.8 Å². The fourth-order valence-electron chi connectivity index (χ4n) is 10.7. The van der Waals surface area contributed by atoms with E-state index in [1.165, 1.54) is 107 Å². The van der Waals surface area contributed by atoms with Gasteiger partial charge in [-0.25, -0.2) is 0 Å². The number of benzene rings is 3. The molecule has 2 saturated carbocycles. The number of hydrogen-bond acceptors (Lipinski definition) is 1. The minimum Gasteiger partial charge on any atom is -0.393 e. The molecule has 2 atom stereocenters. The largest absolute Gasteiger partial charge is 0.393 e.